The molecule has 1 saturated heterocycles. The summed E-state index contributed by atoms with van der Waals surface area (Å²) in [6, 6.07) is 5.84. The maximum atomic E-state index is 12.0. The van der Waals surface area contributed by atoms with E-state index in [-0.39, 0.29) is 6.04 Å². The van der Waals surface area contributed by atoms with Gasteiger partial charge < -0.3 is 15.0 Å². The van der Waals surface area contributed by atoms with Gasteiger partial charge in [0.15, 0.2) is 0 Å². The molecule has 2 heterocycles. The molecule has 0 spiro atoms. The molecule has 2 unspecified atom stereocenters. The predicted molar refractivity (Wildman–Crippen MR) is 92.7 cm³/mol. The number of nitriles is 1. The molecule has 24 heavy (non-hydrogen) atoms. The second-order valence-corrected chi connectivity index (χ2v) is 7.25. The molecule has 1 aromatic rings. The molecule has 0 saturated carbocycles. The first-order chi connectivity index (χ1) is 11.3. The maximum absolute atomic E-state index is 12.0. The molecule has 1 fully saturated rings. The number of ether oxygens (including phenoxy) is 1. The van der Waals surface area contributed by atoms with E-state index in [1.165, 1.54) is 0 Å². The summed E-state index contributed by atoms with van der Waals surface area (Å²) in [4.78, 5) is 18.5. The Morgan fingerprint density at radius 1 is 1.54 bits per heavy atom. The van der Waals surface area contributed by atoms with Gasteiger partial charge in [0.05, 0.1) is 11.6 Å². The van der Waals surface area contributed by atoms with E-state index in [1.807, 2.05) is 20.8 Å². The molecule has 1 aliphatic rings. The SMILES string of the molecule is CC1CCCN(c2ncccc2C#N)C1CNC(=O)OC(C)(C)C. The van der Waals surface area contributed by atoms with Gasteiger partial charge in [0.25, 0.3) is 0 Å². The number of anilines is 1. The van der Waals surface area contributed by atoms with Crippen molar-refractivity contribution in [3.05, 3.63) is 23.9 Å². The van der Waals surface area contributed by atoms with Crippen LogP contribution in [0.15, 0.2) is 18.3 Å². The van der Waals surface area contributed by atoms with Gasteiger partial charge in [-0.05, 0) is 51.7 Å². The van der Waals surface area contributed by atoms with Crippen molar-refractivity contribution in [2.45, 2.75) is 52.2 Å². The molecule has 2 atom stereocenters. The van der Waals surface area contributed by atoms with Crippen molar-refractivity contribution in [3.63, 3.8) is 0 Å². The highest BCUT2D eigenvalue weighted by molar-refractivity contribution is 5.68. The molecule has 0 aromatic carbocycles. The number of amides is 1. The van der Waals surface area contributed by atoms with E-state index in [0.717, 1.165) is 19.4 Å². The van der Waals surface area contributed by atoms with E-state index < -0.39 is 11.7 Å². The first kappa shape index (κ1) is 18.1. The first-order valence-electron chi connectivity index (χ1n) is 8.40. The van der Waals surface area contributed by atoms with Crippen LogP contribution in [0.2, 0.25) is 0 Å². The van der Waals surface area contributed by atoms with Gasteiger partial charge in [0.1, 0.15) is 17.5 Å². The third-order valence-electron chi connectivity index (χ3n) is 4.15. The number of alkyl carbamates (subject to hydrolysis) is 1. The van der Waals surface area contributed by atoms with Crippen LogP contribution in [-0.2, 0) is 4.74 Å². The van der Waals surface area contributed by atoms with Crippen molar-refractivity contribution in [2.24, 2.45) is 5.92 Å². The Morgan fingerprint density at radius 2 is 2.29 bits per heavy atom. The minimum atomic E-state index is -0.517. The summed E-state index contributed by atoms with van der Waals surface area (Å²) in [5, 5.41) is 12.2. The maximum Gasteiger partial charge on any atom is 0.407 e. The number of nitrogens with one attached hydrogen (secondary N) is 1. The summed E-state index contributed by atoms with van der Waals surface area (Å²) in [6.07, 6.45) is 3.42. The van der Waals surface area contributed by atoms with Gasteiger partial charge in [-0.15, -0.1) is 0 Å². The zero-order valence-electron chi connectivity index (χ0n) is 14.9. The Labute approximate surface area is 143 Å². The van der Waals surface area contributed by atoms with Crippen LogP contribution in [0.5, 0.6) is 0 Å². The molecule has 6 nitrogen and oxygen atoms in total. The van der Waals surface area contributed by atoms with Gasteiger partial charge in [0.2, 0.25) is 0 Å². The van der Waals surface area contributed by atoms with Crippen molar-refractivity contribution in [2.75, 3.05) is 18.0 Å². The standard InChI is InChI=1S/C18H26N4O2/c1-13-7-6-10-22(16-14(11-19)8-5-9-20-16)15(13)12-21-17(23)24-18(2,3)4/h5,8-9,13,15H,6-7,10,12H2,1-4H3,(H,21,23). The highest BCUT2D eigenvalue weighted by Gasteiger charge is 2.31. The number of piperidine rings is 1. The number of pyridine rings is 1. The van der Waals surface area contributed by atoms with Gasteiger partial charge >= 0.3 is 6.09 Å². The first-order valence-corrected chi connectivity index (χ1v) is 8.40. The Morgan fingerprint density at radius 3 is 2.96 bits per heavy atom. The number of carbonyl (C=O) groups excluding carboxylic acids is 1. The fourth-order valence-electron chi connectivity index (χ4n) is 3.04. The molecular weight excluding hydrogens is 304 g/mol. The molecule has 0 bridgehead atoms. The Bertz CT molecular complexity index is 618. The highest BCUT2D eigenvalue weighted by atomic mass is 16.6. The van der Waals surface area contributed by atoms with Crippen molar-refractivity contribution < 1.29 is 9.53 Å². The Kier molecular flexibility index (Phi) is 5.66. The topological polar surface area (TPSA) is 78.3 Å². The minimum Gasteiger partial charge on any atom is -0.444 e. The number of aromatic nitrogens is 1. The molecular formula is C18H26N4O2. The molecule has 0 radical (unpaired) electrons. The fourth-order valence-corrected chi connectivity index (χ4v) is 3.04. The Hall–Kier alpha value is -2.29. The van der Waals surface area contributed by atoms with E-state index in [9.17, 15) is 10.1 Å². The van der Waals surface area contributed by atoms with E-state index in [4.69, 9.17) is 4.74 Å². The van der Waals surface area contributed by atoms with Crippen LogP contribution in [0.4, 0.5) is 10.6 Å². The van der Waals surface area contributed by atoms with Crippen LogP contribution in [0.25, 0.3) is 0 Å². The Balaban J connectivity index is 2.12. The summed E-state index contributed by atoms with van der Waals surface area (Å²) in [6.45, 7) is 9.00. The van der Waals surface area contributed by atoms with E-state index in [0.29, 0.717) is 23.8 Å². The van der Waals surface area contributed by atoms with Gasteiger partial charge in [-0.3, -0.25) is 0 Å². The third kappa shape index (κ3) is 4.60. The van der Waals surface area contributed by atoms with Crippen LogP contribution >= 0.6 is 0 Å². The third-order valence-corrected chi connectivity index (χ3v) is 4.15. The predicted octanol–water partition coefficient (Wildman–Crippen LogP) is 3.08. The number of hydrogen-bond donors (Lipinski definition) is 1. The molecule has 6 heteroatoms. The molecule has 2 rings (SSSR count). The normalized spacial score (nSPS) is 21.0. The summed E-state index contributed by atoms with van der Waals surface area (Å²) < 4.78 is 5.31. The molecule has 130 valence electrons. The lowest BCUT2D eigenvalue weighted by Gasteiger charge is -2.41. The number of carbonyl (C=O) groups is 1. The zero-order chi connectivity index (χ0) is 17.7. The monoisotopic (exact) mass is 330 g/mol. The van der Waals surface area contributed by atoms with Gasteiger partial charge in [0, 0.05) is 19.3 Å². The second kappa shape index (κ2) is 7.52. The van der Waals surface area contributed by atoms with E-state index in [1.54, 1.807) is 18.3 Å². The quantitative estimate of drug-likeness (QED) is 0.921. The molecule has 1 amide bonds. The number of rotatable bonds is 3. The average molecular weight is 330 g/mol. The largest absolute Gasteiger partial charge is 0.444 e. The second-order valence-electron chi connectivity index (χ2n) is 7.25. The summed E-state index contributed by atoms with van der Waals surface area (Å²) in [5.74, 6) is 1.09. The molecule has 1 aliphatic heterocycles. The van der Waals surface area contributed by atoms with Crippen molar-refractivity contribution >= 4 is 11.9 Å². The van der Waals surface area contributed by atoms with E-state index in [2.05, 4.69) is 28.2 Å². The van der Waals surface area contributed by atoms with Gasteiger partial charge in [-0.2, -0.15) is 5.26 Å². The van der Waals surface area contributed by atoms with Crippen LogP contribution in [0.1, 0.15) is 46.1 Å². The van der Waals surface area contributed by atoms with Crippen LogP contribution in [0, 0.1) is 17.2 Å². The van der Waals surface area contributed by atoms with Gasteiger partial charge in [-0.1, -0.05) is 6.92 Å². The summed E-state index contributed by atoms with van der Waals surface area (Å²) in [5.41, 5.74) is 0.0468. The number of nitrogens with zero attached hydrogens (tertiary/aromatic N) is 3. The van der Waals surface area contributed by atoms with Crippen LogP contribution in [-0.4, -0.2) is 35.8 Å². The average Bonchev–Trinajstić information content (AvgIpc) is 2.52. The highest BCUT2D eigenvalue weighted by Crippen LogP contribution is 2.29. The van der Waals surface area contributed by atoms with Crippen molar-refractivity contribution in [1.29, 1.82) is 5.26 Å². The van der Waals surface area contributed by atoms with Crippen LogP contribution in [0.3, 0.4) is 0 Å². The van der Waals surface area contributed by atoms with E-state index >= 15 is 0 Å². The lowest BCUT2D eigenvalue weighted by molar-refractivity contribution is 0.0519. The van der Waals surface area contributed by atoms with Crippen molar-refractivity contribution in [3.8, 4) is 6.07 Å². The molecule has 0 aliphatic carbocycles. The summed E-state index contributed by atoms with van der Waals surface area (Å²) in [7, 11) is 0. The fraction of sp³-hybridized carbons (Fsp3) is 0.611. The lowest BCUT2D eigenvalue weighted by atomic mass is 9.90. The smallest absolute Gasteiger partial charge is 0.407 e. The number of hydrogen-bond acceptors (Lipinski definition) is 5. The van der Waals surface area contributed by atoms with Crippen molar-refractivity contribution in [1.82, 2.24) is 10.3 Å². The lowest BCUT2D eigenvalue weighted by Crippen LogP contribution is -2.51. The molecule has 1 N–H and O–H groups in total. The minimum absolute atomic E-state index is 0.0910. The molecule has 1 aromatic heterocycles. The van der Waals surface area contributed by atoms with Gasteiger partial charge in [-0.25, -0.2) is 9.78 Å². The zero-order valence-corrected chi connectivity index (χ0v) is 14.9. The summed E-state index contributed by atoms with van der Waals surface area (Å²) >= 11 is 0. The van der Waals surface area contributed by atoms with Crippen LogP contribution < -0.4 is 10.2 Å².